The number of benzene rings is 2. The smallest absolute Gasteiger partial charge is 0.138 e. The maximum Gasteiger partial charge on any atom is 0.138 e. The van der Waals surface area contributed by atoms with E-state index >= 15 is 0 Å². The molecule has 4 rings (SSSR count). The fourth-order valence-electron chi connectivity index (χ4n) is 3.47. The first kappa shape index (κ1) is 17.0. The summed E-state index contributed by atoms with van der Waals surface area (Å²) in [6.07, 6.45) is 0.849. The molecule has 0 aliphatic heterocycles. The first-order valence-corrected chi connectivity index (χ1v) is 9.62. The van der Waals surface area contributed by atoms with Crippen LogP contribution in [0.5, 0.6) is 0 Å². The van der Waals surface area contributed by atoms with Crippen LogP contribution in [0.15, 0.2) is 65.1 Å². The molecule has 0 saturated heterocycles. The summed E-state index contributed by atoms with van der Waals surface area (Å²) in [6.45, 7) is 6.39. The lowest BCUT2D eigenvalue weighted by molar-refractivity contribution is 0.972. The molecule has 2 nitrogen and oxygen atoms in total. The molecule has 4 aromatic rings. The second-order valence-corrected chi connectivity index (χ2v) is 7.65. The molecule has 0 atom stereocenters. The first-order valence-electron chi connectivity index (χ1n) is 8.82. The van der Waals surface area contributed by atoms with Gasteiger partial charge in [0.25, 0.3) is 0 Å². The standard InChI is InChI=1S/C23H21BrN2/c1-15-9-11-18(12-10-15)14-20-23(19-7-5-4-6-8-19)25-21-13-16(2)22(24)17(3)26(20)21/h4-13H,14H2,1-3H3. The highest BCUT2D eigenvalue weighted by atomic mass is 79.9. The van der Waals surface area contributed by atoms with Crippen LogP contribution in [0.4, 0.5) is 0 Å². The monoisotopic (exact) mass is 404 g/mol. The van der Waals surface area contributed by atoms with E-state index < -0.39 is 0 Å². The fraction of sp³-hybridized carbons (Fsp3) is 0.174. The first-order chi connectivity index (χ1) is 12.5. The molecular weight excluding hydrogens is 384 g/mol. The van der Waals surface area contributed by atoms with Crippen LogP contribution in [0.3, 0.4) is 0 Å². The van der Waals surface area contributed by atoms with Crippen molar-refractivity contribution < 1.29 is 0 Å². The van der Waals surface area contributed by atoms with Gasteiger partial charge in [-0.05, 0) is 53.9 Å². The Labute approximate surface area is 162 Å². The third-order valence-electron chi connectivity index (χ3n) is 4.88. The number of nitrogens with zero attached hydrogens (tertiary/aromatic N) is 2. The van der Waals surface area contributed by atoms with Gasteiger partial charge in [0.15, 0.2) is 0 Å². The Morgan fingerprint density at radius 1 is 0.923 bits per heavy atom. The van der Waals surface area contributed by atoms with Crippen molar-refractivity contribution >= 4 is 21.6 Å². The molecule has 0 fully saturated rings. The number of halogens is 1. The lowest BCUT2D eigenvalue weighted by Crippen LogP contribution is -2.01. The quantitative estimate of drug-likeness (QED) is 0.392. The summed E-state index contributed by atoms with van der Waals surface area (Å²) in [6, 6.07) is 21.4. The van der Waals surface area contributed by atoms with Gasteiger partial charge in [0, 0.05) is 22.2 Å². The van der Waals surface area contributed by atoms with Gasteiger partial charge in [-0.25, -0.2) is 4.98 Å². The van der Waals surface area contributed by atoms with E-state index in [-0.39, 0.29) is 0 Å². The van der Waals surface area contributed by atoms with Crippen molar-refractivity contribution in [2.45, 2.75) is 27.2 Å². The molecule has 0 N–H and O–H groups in total. The zero-order chi connectivity index (χ0) is 18.3. The number of pyridine rings is 1. The van der Waals surface area contributed by atoms with E-state index in [1.165, 1.54) is 28.1 Å². The largest absolute Gasteiger partial charge is 0.299 e. The lowest BCUT2D eigenvalue weighted by atomic mass is 10.0. The number of hydrogen-bond acceptors (Lipinski definition) is 1. The normalized spacial score (nSPS) is 11.2. The summed E-state index contributed by atoms with van der Waals surface area (Å²) in [4.78, 5) is 5.00. The summed E-state index contributed by atoms with van der Waals surface area (Å²) in [5.41, 5.74) is 9.43. The molecule has 0 aliphatic carbocycles. The minimum absolute atomic E-state index is 0.849. The average Bonchev–Trinajstić information content (AvgIpc) is 3.00. The number of imidazole rings is 1. The van der Waals surface area contributed by atoms with E-state index in [0.29, 0.717) is 0 Å². The Morgan fingerprint density at radius 2 is 1.62 bits per heavy atom. The molecule has 2 heterocycles. The van der Waals surface area contributed by atoms with Gasteiger partial charge < -0.3 is 0 Å². The van der Waals surface area contributed by atoms with Gasteiger partial charge in [-0.2, -0.15) is 0 Å². The third kappa shape index (κ3) is 2.97. The number of aryl methyl sites for hydroxylation is 3. The lowest BCUT2D eigenvalue weighted by Gasteiger charge is -2.11. The van der Waals surface area contributed by atoms with Crippen molar-refractivity contribution in [1.29, 1.82) is 0 Å². The Hall–Kier alpha value is -2.39. The van der Waals surface area contributed by atoms with E-state index in [2.05, 4.69) is 95.7 Å². The van der Waals surface area contributed by atoms with Crippen LogP contribution in [-0.2, 0) is 6.42 Å². The van der Waals surface area contributed by atoms with Gasteiger partial charge in [-0.15, -0.1) is 0 Å². The zero-order valence-electron chi connectivity index (χ0n) is 15.3. The van der Waals surface area contributed by atoms with Crippen LogP contribution in [0, 0.1) is 20.8 Å². The van der Waals surface area contributed by atoms with E-state index in [1.54, 1.807) is 0 Å². The van der Waals surface area contributed by atoms with Crippen molar-refractivity contribution in [3.63, 3.8) is 0 Å². The molecule has 3 heteroatoms. The molecule has 2 aromatic heterocycles. The minimum Gasteiger partial charge on any atom is -0.299 e. The molecule has 130 valence electrons. The van der Waals surface area contributed by atoms with Crippen LogP contribution in [0.2, 0.25) is 0 Å². The molecule has 0 amide bonds. The molecule has 0 aliphatic rings. The van der Waals surface area contributed by atoms with Crippen LogP contribution in [0.1, 0.15) is 28.1 Å². The minimum atomic E-state index is 0.849. The highest BCUT2D eigenvalue weighted by molar-refractivity contribution is 9.10. The summed E-state index contributed by atoms with van der Waals surface area (Å²) in [5.74, 6) is 0. The Balaban J connectivity index is 1.97. The van der Waals surface area contributed by atoms with Gasteiger partial charge in [-0.1, -0.05) is 60.2 Å². The van der Waals surface area contributed by atoms with Crippen molar-refractivity contribution in [1.82, 2.24) is 9.38 Å². The summed E-state index contributed by atoms with van der Waals surface area (Å²) in [5, 5.41) is 0. The molecule has 0 radical (unpaired) electrons. The number of aromatic nitrogens is 2. The van der Waals surface area contributed by atoms with Crippen molar-refractivity contribution in [3.05, 3.63) is 93.2 Å². The number of fused-ring (bicyclic) bond motifs is 1. The summed E-state index contributed by atoms with van der Waals surface area (Å²) >= 11 is 3.75. The maximum absolute atomic E-state index is 5.00. The van der Waals surface area contributed by atoms with Gasteiger partial charge >= 0.3 is 0 Å². The molecule has 0 saturated carbocycles. The zero-order valence-corrected chi connectivity index (χ0v) is 16.8. The Bertz CT molecular complexity index is 1080. The second kappa shape index (κ2) is 6.73. The fourth-order valence-corrected chi connectivity index (χ4v) is 3.77. The molecule has 0 spiro atoms. The second-order valence-electron chi connectivity index (χ2n) is 6.86. The van der Waals surface area contributed by atoms with E-state index in [0.717, 1.165) is 27.8 Å². The summed E-state index contributed by atoms with van der Waals surface area (Å²) in [7, 11) is 0. The predicted octanol–water partition coefficient (Wildman–Crippen LogP) is 6.28. The molecule has 2 aromatic carbocycles. The highest BCUT2D eigenvalue weighted by Gasteiger charge is 2.18. The summed E-state index contributed by atoms with van der Waals surface area (Å²) < 4.78 is 3.44. The van der Waals surface area contributed by atoms with E-state index in [1.807, 2.05) is 6.07 Å². The molecule has 26 heavy (non-hydrogen) atoms. The maximum atomic E-state index is 5.00. The Kier molecular flexibility index (Phi) is 4.41. The topological polar surface area (TPSA) is 17.3 Å². The SMILES string of the molecule is Cc1ccc(Cc2c(-c3ccccc3)nc3cc(C)c(Br)c(C)n23)cc1. The van der Waals surface area contributed by atoms with Gasteiger partial charge in [0.05, 0.1) is 11.4 Å². The Morgan fingerprint density at radius 3 is 2.31 bits per heavy atom. The van der Waals surface area contributed by atoms with Crippen molar-refractivity contribution in [2.24, 2.45) is 0 Å². The molecular formula is C23H21BrN2. The van der Waals surface area contributed by atoms with Gasteiger partial charge in [-0.3, -0.25) is 4.40 Å². The molecule has 0 bridgehead atoms. The number of rotatable bonds is 3. The van der Waals surface area contributed by atoms with Crippen molar-refractivity contribution in [3.8, 4) is 11.3 Å². The molecule has 0 unspecified atom stereocenters. The van der Waals surface area contributed by atoms with E-state index in [9.17, 15) is 0 Å². The van der Waals surface area contributed by atoms with Crippen LogP contribution < -0.4 is 0 Å². The van der Waals surface area contributed by atoms with Gasteiger partial charge in [0.1, 0.15) is 5.65 Å². The highest BCUT2D eigenvalue weighted by Crippen LogP contribution is 2.31. The predicted molar refractivity (Wildman–Crippen MR) is 112 cm³/mol. The van der Waals surface area contributed by atoms with Crippen LogP contribution in [0.25, 0.3) is 16.9 Å². The van der Waals surface area contributed by atoms with Crippen molar-refractivity contribution in [2.75, 3.05) is 0 Å². The van der Waals surface area contributed by atoms with E-state index in [4.69, 9.17) is 4.98 Å². The van der Waals surface area contributed by atoms with Gasteiger partial charge in [0.2, 0.25) is 0 Å². The third-order valence-corrected chi connectivity index (χ3v) is 6.08. The number of hydrogen-bond donors (Lipinski definition) is 0. The van der Waals surface area contributed by atoms with Crippen LogP contribution >= 0.6 is 15.9 Å². The van der Waals surface area contributed by atoms with Crippen LogP contribution in [-0.4, -0.2) is 9.38 Å². The average molecular weight is 405 g/mol.